The van der Waals surface area contributed by atoms with Crippen molar-refractivity contribution in [2.24, 2.45) is 0 Å². The Morgan fingerprint density at radius 1 is 1.12 bits per heavy atom. The first-order valence-electron chi connectivity index (χ1n) is 8.57. The average Bonchev–Trinajstić information content (AvgIpc) is 3.10. The second-order valence-electron chi connectivity index (χ2n) is 6.28. The number of aromatic nitrogens is 2. The maximum Gasteiger partial charge on any atom is 0.224 e. The van der Waals surface area contributed by atoms with E-state index in [-0.39, 0.29) is 5.82 Å². The van der Waals surface area contributed by atoms with Gasteiger partial charge in [-0.2, -0.15) is 4.98 Å². The molecule has 3 heterocycles. The van der Waals surface area contributed by atoms with Gasteiger partial charge in [-0.15, -0.1) is 0 Å². The molecule has 0 amide bonds. The topological polar surface area (TPSA) is 59.5 Å². The minimum atomic E-state index is -0.393. The number of halogens is 1. The lowest BCUT2D eigenvalue weighted by Crippen LogP contribution is -2.45. The van der Waals surface area contributed by atoms with E-state index in [1.807, 2.05) is 12.1 Å². The van der Waals surface area contributed by atoms with Crippen molar-refractivity contribution in [3.05, 3.63) is 47.9 Å². The van der Waals surface area contributed by atoms with Crippen molar-refractivity contribution in [2.75, 3.05) is 36.5 Å². The molecule has 2 aromatic rings. The molecule has 2 saturated heterocycles. The van der Waals surface area contributed by atoms with E-state index in [4.69, 9.17) is 9.47 Å². The summed E-state index contributed by atoms with van der Waals surface area (Å²) in [5.41, 5.74) is 0.590. The number of hydrogen-bond acceptors (Lipinski definition) is 6. The molecule has 4 rings (SSSR count). The van der Waals surface area contributed by atoms with Crippen LogP contribution in [0.15, 0.2) is 36.5 Å². The number of rotatable bonds is 4. The lowest BCUT2D eigenvalue weighted by molar-refractivity contribution is -0.169. The van der Waals surface area contributed by atoms with Crippen molar-refractivity contribution < 1.29 is 13.9 Å². The SMILES string of the molecule is Fc1ccccc1CNc1nccc(N2CCC3(CC2)OCCO3)n1. The summed E-state index contributed by atoms with van der Waals surface area (Å²) in [7, 11) is 0. The quantitative estimate of drug-likeness (QED) is 0.920. The zero-order valence-electron chi connectivity index (χ0n) is 13.9. The molecular formula is C18H21FN4O2. The third-order valence-corrected chi connectivity index (χ3v) is 4.70. The van der Waals surface area contributed by atoms with Gasteiger partial charge in [0.1, 0.15) is 11.6 Å². The summed E-state index contributed by atoms with van der Waals surface area (Å²) < 4.78 is 25.2. The number of ether oxygens (including phenoxy) is 2. The third-order valence-electron chi connectivity index (χ3n) is 4.70. The maximum atomic E-state index is 13.7. The van der Waals surface area contributed by atoms with Crippen LogP contribution in [0, 0.1) is 5.82 Å². The fourth-order valence-electron chi connectivity index (χ4n) is 3.29. The van der Waals surface area contributed by atoms with Crippen LogP contribution in [0.5, 0.6) is 0 Å². The molecule has 1 spiro atoms. The van der Waals surface area contributed by atoms with Gasteiger partial charge in [-0.05, 0) is 12.1 Å². The summed E-state index contributed by atoms with van der Waals surface area (Å²) >= 11 is 0. The van der Waals surface area contributed by atoms with Gasteiger partial charge in [0, 0.05) is 44.2 Å². The summed E-state index contributed by atoms with van der Waals surface area (Å²) in [6, 6.07) is 8.58. The summed E-state index contributed by atoms with van der Waals surface area (Å²) in [6.45, 7) is 3.35. The minimum Gasteiger partial charge on any atom is -0.356 e. The van der Waals surface area contributed by atoms with Crippen LogP contribution in [0.4, 0.5) is 16.2 Å². The third kappa shape index (κ3) is 3.57. The first-order valence-corrected chi connectivity index (χ1v) is 8.57. The van der Waals surface area contributed by atoms with E-state index in [1.165, 1.54) is 6.07 Å². The fourth-order valence-corrected chi connectivity index (χ4v) is 3.29. The van der Waals surface area contributed by atoms with Crippen molar-refractivity contribution in [1.29, 1.82) is 0 Å². The van der Waals surface area contributed by atoms with E-state index in [0.717, 1.165) is 31.7 Å². The monoisotopic (exact) mass is 344 g/mol. The largest absolute Gasteiger partial charge is 0.356 e. The highest BCUT2D eigenvalue weighted by atomic mass is 19.1. The highest BCUT2D eigenvalue weighted by Gasteiger charge is 2.40. The minimum absolute atomic E-state index is 0.232. The molecule has 0 aliphatic carbocycles. The molecule has 0 radical (unpaired) electrons. The van der Waals surface area contributed by atoms with Crippen LogP contribution < -0.4 is 10.2 Å². The Balaban J connectivity index is 1.39. The standard InChI is InChI=1S/C18H21FN4O2/c19-15-4-2-1-3-14(15)13-21-17-20-8-5-16(22-17)23-9-6-18(7-10-23)24-11-12-25-18/h1-5,8H,6-7,9-13H2,(H,20,21,22). The Bertz CT molecular complexity index is 727. The molecule has 2 aliphatic rings. The van der Waals surface area contributed by atoms with E-state index in [0.29, 0.717) is 31.3 Å². The molecule has 1 aromatic heterocycles. The lowest BCUT2D eigenvalue weighted by Gasteiger charge is -2.38. The Morgan fingerprint density at radius 2 is 1.88 bits per heavy atom. The van der Waals surface area contributed by atoms with E-state index in [9.17, 15) is 4.39 Å². The van der Waals surface area contributed by atoms with Crippen LogP contribution in [0.3, 0.4) is 0 Å². The average molecular weight is 344 g/mol. The predicted octanol–water partition coefficient (Wildman–Crippen LogP) is 2.57. The van der Waals surface area contributed by atoms with E-state index in [2.05, 4.69) is 20.2 Å². The molecule has 6 nitrogen and oxygen atoms in total. The van der Waals surface area contributed by atoms with Gasteiger partial charge in [-0.25, -0.2) is 9.37 Å². The highest BCUT2D eigenvalue weighted by molar-refractivity contribution is 5.43. The van der Waals surface area contributed by atoms with Crippen LogP contribution in [0.2, 0.25) is 0 Å². The molecule has 0 unspecified atom stereocenters. The molecule has 132 valence electrons. The van der Waals surface area contributed by atoms with Crippen molar-refractivity contribution in [1.82, 2.24) is 9.97 Å². The number of anilines is 2. The summed E-state index contributed by atoms with van der Waals surface area (Å²) in [5, 5.41) is 3.09. The van der Waals surface area contributed by atoms with Crippen molar-refractivity contribution in [3.8, 4) is 0 Å². The molecule has 7 heteroatoms. The Labute approximate surface area is 146 Å². The number of nitrogens with one attached hydrogen (secondary N) is 1. The van der Waals surface area contributed by atoms with Gasteiger partial charge in [-0.1, -0.05) is 18.2 Å². The lowest BCUT2D eigenvalue weighted by atomic mass is 10.0. The Morgan fingerprint density at radius 3 is 2.64 bits per heavy atom. The number of nitrogens with zero attached hydrogens (tertiary/aromatic N) is 3. The van der Waals surface area contributed by atoms with Gasteiger partial charge < -0.3 is 19.7 Å². The molecule has 1 aromatic carbocycles. The number of hydrogen-bond donors (Lipinski definition) is 1. The fraction of sp³-hybridized carbons (Fsp3) is 0.444. The smallest absolute Gasteiger partial charge is 0.224 e. The highest BCUT2D eigenvalue weighted by Crippen LogP contribution is 2.32. The molecule has 2 fully saturated rings. The van der Waals surface area contributed by atoms with Crippen molar-refractivity contribution in [3.63, 3.8) is 0 Å². The van der Waals surface area contributed by atoms with Gasteiger partial charge in [0.2, 0.25) is 5.95 Å². The molecule has 0 atom stereocenters. The van der Waals surface area contributed by atoms with Crippen LogP contribution in [0.25, 0.3) is 0 Å². The van der Waals surface area contributed by atoms with Crippen LogP contribution >= 0.6 is 0 Å². The summed E-state index contributed by atoms with van der Waals surface area (Å²) in [5.74, 6) is 0.729. The molecule has 0 saturated carbocycles. The van der Waals surface area contributed by atoms with E-state index < -0.39 is 5.79 Å². The van der Waals surface area contributed by atoms with Crippen molar-refractivity contribution >= 4 is 11.8 Å². The Hall–Kier alpha value is -2.25. The number of piperidine rings is 1. The van der Waals surface area contributed by atoms with Crippen LogP contribution in [-0.4, -0.2) is 42.1 Å². The zero-order valence-corrected chi connectivity index (χ0v) is 13.9. The van der Waals surface area contributed by atoms with Gasteiger partial charge in [0.15, 0.2) is 5.79 Å². The first kappa shape index (κ1) is 16.2. The first-order chi connectivity index (χ1) is 12.2. The van der Waals surface area contributed by atoms with Gasteiger partial charge in [0.25, 0.3) is 0 Å². The Kier molecular flexibility index (Phi) is 4.50. The molecule has 2 aliphatic heterocycles. The second-order valence-corrected chi connectivity index (χ2v) is 6.28. The van der Waals surface area contributed by atoms with Gasteiger partial charge in [0.05, 0.1) is 13.2 Å². The van der Waals surface area contributed by atoms with Crippen molar-refractivity contribution in [2.45, 2.75) is 25.2 Å². The predicted molar refractivity (Wildman–Crippen MR) is 91.8 cm³/mol. The van der Waals surface area contributed by atoms with E-state index in [1.54, 1.807) is 18.3 Å². The van der Waals surface area contributed by atoms with Crippen LogP contribution in [0.1, 0.15) is 18.4 Å². The number of benzene rings is 1. The summed E-state index contributed by atoms with van der Waals surface area (Å²) in [4.78, 5) is 11.0. The van der Waals surface area contributed by atoms with Crippen LogP contribution in [-0.2, 0) is 16.0 Å². The molecule has 25 heavy (non-hydrogen) atoms. The maximum absolute atomic E-state index is 13.7. The van der Waals surface area contributed by atoms with Gasteiger partial charge >= 0.3 is 0 Å². The van der Waals surface area contributed by atoms with E-state index >= 15 is 0 Å². The second kappa shape index (κ2) is 6.93. The normalized spacial score (nSPS) is 19.3. The molecule has 0 bridgehead atoms. The molecular weight excluding hydrogens is 323 g/mol. The molecule has 1 N–H and O–H groups in total. The summed E-state index contributed by atoms with van der Waals surface area (Å²) in [6.07, 6.45) is 3.38. The van der Waals surface area contributed by atoms with Gasteiger partial charge in [-0.3, -0.25) is 0 Å². The zero-order chi connectivity index (χ0) is 17.1.